The quantitative estimate of drug-likeness (QED) is 0.551. The predicted octanol–water partition coefficient (Wildman–Crippen LogP) is 2.78. The summed E-state index contributed by atoms with van der Waals surface area (Å²) in [6.45, 7) is 3.13. The van der Waals surface area contributed by atoms with Crippen LogP contribution in [0.4, 0.5) is 0 Å². The number of benzene rings is 1. The van der Waals surface area contributed by atoms with E-state index in [4.69, 9.17) is 4.42 Å². The highest BCUT2D eigenvalue weighted by Crippen LogP contribution is 2.23. The van der Waals surface area contributed by atoms with Gasteiger partial charge in [0.1, 0.15) is 17.9 Å². The van der Waals surface area contributed by atoms with Crippen LogP contribution in [0.1, 0.15) is 30.5 Å². The molecule has 142 valence electrons. The second-order valence-corrected chi connectivity index (χ2v) is 7.15. The summed E-state index contributed by atoms with van der Waals surface area (Å²) < 4.78 is 8.41. The van der Waals surface area contributed by atoms with Gasteiger partial charge in [-0.3, -0.25) is 14.0 Å². The lowest BCUT2D eigenvalue weighted by Crippen LogP contribution is -2.43. The number of rotatable bonds is 3. The van der Waals surface area contributed by atoms with E-state index in [1.54, 1.807) is 29.1 Å². The maximum Gasteiger partial charge on any atom is 0.291 e. The van der Waals surface area contributed by atoms with Crippen molar-refractivity contribution in [3.63, 3.8) is 0 Å². The third kappa shape index (κ3) is 2.46. The van der Waals surface area contributed by atoms with Gasteiger partial charge in [0.15, 0.2) is 5.58 Å². The summed E-state index contributed by atoms with van der Waals surface area (Å²) in [6.07, 6.45) is 4.48. The number of hydrogen-bond acceptors (Lipinski definition) is 4. The van der Waals surface area contributed by atoms with E-state index >= 15 is 0 Å². The Kier molecular flexibility index (Phi) is 3.82. The van der Waals surface area contributed by atoms with Gasteiger partial charge in [0.2, 0.25) is 5.91 Å². The first-order valence-electron chi connectivity index (χ1n) is 9.49. The zero-order valence-corrected chi connectivity index (χ0v) is 15.5. The molecule has 1 atom stereocenters. The van der Waals surface area contributed by atoms with E-state index in [0.717, 1.165) is 11.9 Å². The van der Waals surface area contributed by atoms with Crippen molar-refractivity contribution in [2.45, 2.75) is 32.4 Å². The number of hydrogen-bond donors (Lipinski definition) is 0. The molecule has 0 radical (unpaired) electrons. The number of carbonyl (C=O) groups excluding carboxylic acids is 1. The van der Waals surface area contributed by atoms with E-state index < -0.39 is 6.04 Å². The number of nitrogens with zero attached hydrogens (tertiary/aromatic N) is 4. The molecule has 7 heteroatoms. The summed E-state index contributed by atoms with van der Waals surface area (Å²) >= 11 is 0. The van der Waals surface area contributed by atoms with Crippen molar-refractivity contribution in [2.75, 3.05) is 6.54 Å². The van der Waals surface area contributed by atoms with Crippen molar-refractivity contribution in [2.24, 2.45) is 0 Å². The number of amides is 1. The number of fused-ring (bicyclic) bond motifs is 4. The van der Waals surface area contributed by atoms with Crippen LogP contribution in [0.15, 0.2) is 58.2 Å². The van der Waals surface area contributed by atoms with Crippen LogP contribution in [0.2, 0.25) is 0 Å². The van der Waals surface area contributed by atoms with Gasteiger partial charge >= 0.3 is 0 Å². The zero-order chi connectivity index (χ0) is 19.3. The van der Waals surface area contributed by atoms with E-state index in [2.05, 4.69) is 17.2 Å². The number of furan rings is 1. The van der Waals surface area contributed by atoms with Crippen LogP contribution in [-0.4, -0.2) is 31.5 Å². The van der Waals surface area contributed by atoms with Crippen LogP contribution in [-0.2, 0) is 17.8 Å². The summed E-state index contributed by atoms with van der Waals surface area (Å²) in [5, 5.41) is 4.32. The van der Waals surface area contributed by atoms with Crippen molar-refractivity contribution < 1.29 is 9.21 Å². The molecule has 4 aromatic rings. The first kappa shape index (κ1) is 16.8. The third-order valence-corrected chi connectivity index (χ3v) is 5.59. The van der Waals surface area contributed by atoms with Gasteiger partial charge in [-0.1, -0.05) is 31.2 Å². The van der Waals surface area contributed by atoms with Crippen LogP contribution in [0.25, 0.3) is 16.6 Å². The Labute approximate surface area is 160 Å². The first-order chi connectivity index (χ1) is 13.7. The van der Waals surface area contributed by atoms with Gasteiger partial charge in [-0.25, -0.2) is 4.68 Å². The van der Waals surface area contributed by atoms with Gasteiger partial charge in [0, 0.05) is 25.2 Å². The van der Waals surface area contributed by atoms with Crippen LogP contribution in [0.3, 0.4) is 0 Å². The highest BCUT2D eigenvalue weighted by molar-refractivity contribution is 5.83. The standard InChI is InChI=1S/C21H20N4O3/c1-2-16(20(26)23-9-7-14-5-3-4-6-15(14)12-23)25-21(27)18-11-19-17(8-10-28-19)24(18)13-22-25/h3-6,8,10-11,13,16H,2,7,9,12H2,1H3. The minimum Gasteiger partial charge on any atom is -0.463 e. The van der Waals surface area contributed by atoms with E-state index in [1.165, 1.54) is 15.8 Å². The number of carbonyl (C=O) groups is 1. The molecule has 0 aliphatic carbocycles. The summed E-state index contributed by atoms with van der Waals surface area (Å²) in [6, 6.07) is 11.1. The second-order valence-electron chi connectivity index (χ2n) is 7.15. The molecule has 28 heavy (non-hydrogen) atoms. The van der Waals surface area contributed by atoms with Crippen LogP contribution in [0, 0.1) is 0 Å². The molecular formula is C21H20N4O3. The lowest BCUT2D eigenvalue weighted by Gasteiger charge is -2.31. The van der Waals surface area contributed by atoms with Crippen molar-refractivity contribution in [3.8, 4) is 0 Å². The monoisotopic (exact) mass is 376 g/mol. The van der Waals surface area contributed by atoms with E-state index in [-0.39, 0.29) is 11.5 Å². The molecule has 0 spiro atoms. The van der Waals surface area contributed by atoms with Crippen LogP contribution < -0.4 is 5.56 Å². The van der Waals surface area contributed by atoms with Crippen molar-refractivity contribution in [1.29, 1.82) is 0 Å². The molecule has 7 nitrogen and oxygen atoms in total. The van der Waals surface area contributed by atoms with Crippen LogP contribution >= 0.6 is 0 Å². The van der Waals surface area contributed by atoms with Crippen molar-refractivity contribution >= 4 is 22.5 Å². The minimum atomic E-state index is -0.621. The molecule has 3 aromatic heterocycles. The summed E-state index contributed by atoms with van der Waals surface area (Å²) in [5.41, 5.74) is 4.04. The fourth-order valence-corrected chi connectivity index (χ4v) is 4.08. The fraction of sp³-hybridized carbons (Fsp3) is 0.286. The highest BCUT2D eigenvalue weighted by atomic mass is 16.3. The molecule has 0 saturated carbocycles. The molecule has 1 aliphatic rings. The van der Waals surface area contributed by atoms with Gasteiger partial charge in [-0.2, -0.15) is 5.10 Å². The lowest BCUT2D eigenvalue weighted by molar-refractivity contribution is -0.136. The largest absolute Gasteiger partial charge is 0.463 e. The molecule has 0 N–H and O–H groups in total. The summed E-state index contributed by atoms with van der Waals surface area (Å²) in [4.78, 5) is 28.1. The summed E-state index contributed by atoms with van der Waals surface area (Å²) in [5.74, 6) is -0.0637. The minimum absolute atomic E-state index is 0.0637. The summed E-state index contributed by atoms with van der Waals surface area (Å²) in [7, 11) is 0. The molecule has 0 bridgehead atoms. The molecule has 0 saturated heterocycles. The fourth-order valence-electron chi connectivity index (χ4n) is 4.08. The maximum absolute atomic E-state index is 13.3. The first-order valence-corrected chi connectivity index (χ1v) is 9.49. The van der Waals surface area contributed by atoms with Crippen molar-refractivity contribution in [3.05, 3.63) is 70.5 Å². The van der Waals surface area contributed by atoms with Crippen molar-refractivity contribution in [1.82, 2.24) is 19.1 Å². The Hall–Kier alpha value is -3.35. The third-order valence-electron chi connectivity index (χ3n) is 5.59. The van der Waals surface area contributed by atoms with E-state index in [9.17, 15) is 9.59 Å². The van der Waals surface area contributed by atoms with E-state index in [0.29, 0.717) is 30.6 Å². The average molecular weight is 376 g/mol. The Morgan fingerprint density at radius 1 is 1.21 bits per heavy atom. The lowest BCUT2D eigenvalue weighted by atomic mass is 9.99. The number of aromatic nitrogens is 3. The normalized spacial score (nSPS) is 15.1. The Balaban J connectivity index is 1.51. The Morgan fingerprint density at radius 2 is 2.04 bits per heavy atom. The average Bonchev–Trinajstić information content (AvgIpc) is 3.32. The smallest absolute Gasteiger partial charge is 0.291 e. The molecule has 1 unspecified atom stereocenters. The van der Waals surface area contributed by atoms with E-state index in [1.807, 2.05) is 24.0 Å². The topological polar surface area (TPSA) is 72.8 Å². The van der Waals surface area contributed by atoms with Gasteiger partial charge < -0.3 is 9.32 Å². The molecule has 4 heterocycles. The second kappa shape index (κ2) is 6.37. The zero-order valence-electron chi connectivity index (χ0n) is 15.5. The Morgan fingerprint density at radius 3 is 2.86 bits per heavy atom. The van der Waals surface area contributed by atoms with Gasteiger partial charge in [-0.15, -0.1) is 0 Å². The predicted molar refractivity (Wildman–Crippen MR) is 104 cm³/mol. The molecule has 1 aliphatic heterocycles. The molecule has 5 rings (SSSR count). The Bertz CT molecular complexity index is 1250. The molecule has 1 amide bonds. The SMILES string of the molecule is CCC(C(=O)N1CCc2ccccc2C1)n1ncn2c(cc3occc32)c1=O. The van der Waals surface area contributed by atoms with Crippen LogP contribution in [0.5, 0.6) is 0 Å². The highest BCUT2D eigenvalue weighted by Gasteiger charge is 2.29. The molecule has 1 aromatic carbocycles. The van der Waals surface area contributed by atoms with Gasteiger partial charge in [0.25, 0.3) is 5.56 Å². The van der Waals surface area contributed by atoms with Gasteiger partial charge in [0.05, 0.1) is 11.8 Å². The molecular weight excluding hydrogens is 356 g/mol. The van der Waals surface area contributed by atoms with Gasteiger partial charge in [-0.05, 0) is 24.0 Å². The molecule has 0 fully saturated rings. The maximum atomic E-state index is 13.3.